The van der Waals surface area contributed by atoms with Gasteiger partial charge in [0.15, 0.2) is 0 Å². The molecule has 172 valence electrons. The van der Waals surface area contributed by atoms with E-state index in [1.807, 2.05) is 58.9 Å². The third kappa shape index (κ3) is 8.26. The van der Waals surface area contributed by atoms with Crippen molar-refractivity contribution in [2.75, 3.05) is 28.3 Å². The molecule has 32 heavy (non-hydrogen) atoms. The summed E-state index contributed by atoms with van der Waals surface area (Å²) in [4.78, 5) is 39.1. The minimum atomic E-state index is -1.73. The summed E-state index contributed by atoms with van der Waals surface area (Å²) in [5.41, 5.74) is 2.59. The molecule has 0 spiro atoms. The Morgan fingerprint density at radius 3 is 2.12 bits per heavy atom. The summed E-state index contributed by atoms with van der Waals surface area (Å²) in [5, 5.41) is 5.52. The molecule has 0 saturated carbocycles. The summed E-state index contributed by atoms with van der Waals surface area (Å²) in [5.74, 6) is -1.91. The smallest absolute Gasteiger partial charge is 0.240 e. The maximum Gasteiger partial charge on any atom is 0.240 e. The zero-order valence-electron chi connectivity index (χ0n) is 19.2. The number of nitrogens with zero attached hydrogens (tertiary/aromatic N) is 1. The summed E-state index contributed by atoms with van der Waals surface area (Å²) in [6, 6.07) is 14.4. The van der Waals surface area contributed by atoms with E-state index in [9.17, 15) is 18.6 Å². The topological polar surface area (TPSA) is 95.6 Å². The molecule has 0 aliphatic heterocycles. The van der Waals surface area contributed by atoms with Gasteiger partial charge in [-0.15, -0.1) is 0 Å². The molecule has 0 fully saturated rings. The lowest BCUT2D eigenvalue weighted by Crippen LogP contribution is -2.48. The fourth-order valence-corrected chi connectivity index (χ4v) is 3.92. The normalized spacial score (nSPS) is 12.0. The molecule has 1 atom stereocenters. The Labute approximate surface area is 192 Å². The van der Waals surface area contributed by atoms with Crippen molar-refractivity contribution in [2.24, 2.45) is 0 Å². The van der Waals surface area contributed by atoms with Crippen LogP contribution >= 0.6 is 0 Å². The van der Waals surface area contributed by atoms with Crippen molar-refractivity contribution < 1.29 is 18.6 Å². The number of hydrogen-bond donors (Lipinski definition) is 2. The summed E-state index contributed by atoms with van der Waals surface area (Å²) >= 11 is 0. The molecule has 0 aliphatic rings. The lowest BCUT2D eigenvalue weighted by molar-refractivity contribution is -0.124. The molecule has 3 amide bonds. The Kier molecular flexibility index (Phi) is 8.72. The fraction of sp³-hybridized carbons (Fsp3) is 0.375. The number of hydrogen-bond acceptors (Lipinski definition) is 4. The average Bonchev–Trinajstić information content (AvgIpc) is 2.67. The minimum absolute atomic E-state index is 0.201. The first-order valence-electron chi connectivity index (χ1n) is 10.3. The average molecular weight is 458 g/mol. The maximum atomic E-state index is 13.0. The highest BCUT2D eigenvalue weighted by Crippen LogP contribution is 2.20. The predicted molar refractivity (Wildman–Crippen MR) is 129 cm³/mol. The van der Waals surface area contributed by atoms with E-state index in [0.29, 0.717) is 11.4 Å². The lowest BCUT2D eigenvalue weighted by atomic mass is 10.1. The molecule has 2 rings (SSSR count). The van der Waals surface area contributed by atoms with Gasteiger partial charge in [-0.2, -0.15) is 0 Å². The molecule has 2 aromatic rings. The quantitative estimate of drug-likeness (QED) is 0.637. The third-order valence-corrected chi connectivity index (χ3v) is 5.59. The van der Waals surface area contributed by atoms with Crippen molar-refractivity contribution in [1.29, 1.82) is 0 Å². The second kappa shape index (κ2) is 11.0. The zero-order valence-corrected chi connectivity index (χ0v) is 20.0. The molecule has 2 N–H and O–H groups in total. The van der Waals surface area contributed by atoms with Crippen LogP contribution in [0.5, 0.6) is 0 Å². The molecule has 8 heteroatoms. The van der Waals surface area contributed by atoms with Crippen LogP contribution in [0, 0.1) is 13.8 Å². The van der Waals surface area contributed by atoms with Crippen LogP contribution in [-0.2, 0) is 25.2 Å². The maximum absolute atomic E-state index is 13.0. The highest BCUT2D eigenvalue weighted by Gasteiger charge is 2.25. The molecule has 2 aromatic carbocycles. The molecule has 0 aliphatic carbocycles. The van der Waals surface area contributed by atoms with Gasteiger partial charge in [0, 0.05) is 27.7 Å². The van der Waals surface area contributed by atoms with E-state index in [1.165, 1.54) is 4.90 Å². The van der Waals surface area contributed by atoms with Gasteiger partial charge in [0.2, 0.25) is 17.7 Å². The van der Waals surface area contributed by atoms with Crippen LogP contribution in [0.25, 0.3) is 0 Å². The van der Waals surface area contributed by atoms with Crippen LogP contribution < -0.4 is 15.5 Å². The number of para-hydroxylation sites is 1. The third-order valence-electron chi connectivity index (χ3n) is 4.44. The lowest BCUT2D eigenvalue weighted by Gasteiger charge is -2.27. The van der Waals surface area contributed by atoms with E-state index in [1.54, 1.807) is 24.3 Å². The van der Waals surface area contributed by atoms with Gasteiger partial charge in [-0.25, -0.2) is 0 Å². The molecule has 0 unspecified atom stereocenters. The number of aryl methyl sites for hydroxylation is 2. The van der Waals surface area contributed by atoms with Gasteiger partial charge in [0.05, 0.1) is 0 Å². The van der Waals surface area contributed by atoms with Gasteiger partial charge >= 0.3 is 0 Å². The Bertz CT molecular complexity index is 997. The second-order valence-electron chi connectivity index (χ2n) is 8.71. The summed E-state index contributed by atoms with van der Waals surface area (Å²) in [6.07, 6.45) is 0. The van der Waals surface area contributed by atoms with E-state index < -0.39 is 28.2 Å². The van der Waals surface area contributed by atoms with Gasteiger partial charge in [0.1, 0.15) is 18.1 Å². The Balaban J connectivity index is 2.07. The van der Waals surface area contributed by atoms with Crippen LogP contribution in [0.15, 0.2) is 48.5 Å². The van der Waals surface area contributed by atoms with Crippen molar-refractivity contribution in [1.82, 2.24) is 5.32 Å². The molecule has 7 nitrogen and oxygen atoms in total. The molecule has 0 radical (unpaired) electrons. The van der Waals surface area contributed by atoms with Crippen molar-refractivity contribution in [2.45, 2.75) is 40.2 Å². The monoisotopic (exact) mass is 457 g/mol. The van der Waals surface area contributed by atoms with E-state index in [-0.39, 0.29) is 24.0 Å². The zero-order chi connectivity index (χ0) is 23.9. The van der Waals surface area contributed by atoms with Crippen LogP contribution in [0.3, 0.4) is 0 Å². The number of carbonyl (C=O) groups is 3. The summed E-state index contributed by atoms with van der Waals surface area (Å²) < 4.78 is 12.5. The Morgan fingerprint density at radius 1 is 0.906 bits per heavy atom. The van der Waals surface area contributed by atoms with Crippen LogP contribution in [0.2, 0.25) is 0 Å². The van der Waals surface area contributed by atoms with E-state index in [0.717, 1.165) is 11.1 Å². The largest absolute Gasteiger partial charge is 0.350 e. The number of carbonyl (C=O) groups excluding carboxylic acids is 3. The first-order valence-corrected chi connectivity index (χ1v) is 11.8. The second-order valence-corrected chi connectivity index (χ2v) is 10.2. The van der Waals surface area contributed by atoms with Crippen LogP contribution in [0.1, 0.15) is 31.9 Å². The first kappa shape index (κ1) is 25.3. The highest BCUT2D eigenvalue weighted by atomic mass is 32.2. The molecule has 0 heterocycles. The van der Waals surface area contributed by atoms with Gasteiger partial charge < -0.3 is 15.5 Å². The van der Waals surface area contributed by atoms with Gasteiger partial charge in [-0.05, 0) is 58.4 Å². The SMILES string of the molecule is Cc1ccc(NC(=O)C[S@](=O)CC(=O)N(CC(=O)NC(C)(C)C)c2ccccc2C)cc1. The number of anilines is 2. The highest BCUT2D eigenvalue weighted by molar-refractivity contribution is 7.86. The molecule has 0 bridgehead atoms. The number of benzene rings is 2. The Morgan fingerprint density at radius 2 is 1.53 bits per heavy atom. The van der Waals surface area contributed by atoms with Crippen molar-refractivity contribution in [3.05, 3.63) is 59.7 Å². The van der Waals surface area contributed by atoms with Crippen LogP contribution in [-0.4, -0.2) is 45.5 Å². The fourth-order valence-electron chi connectivity index (χ4n) is 3.02. The Hall–Kier alpha value is -3.00. The van der Waals surface area contributed by atoms with Crippen LogP contribution in [0.4, 0.5) is 11.4 Å². The molecular formula is C24H31N3O4S. The van der Waals surface area contributed by atoms with E-state index in [4.69, 9.17) is 0 Å². The number of amides is 3. The molecular weight excluding hydrogens is 426 g/mol. The van der Waals surface area contributed by atoms with Crippen molar-refractivity contribution >= 4 is 39.9 Å². The summed E-state index contributed by atoms with van der Waals surface area (Å²) in [7, 11) is -1.73. The van der Waals surface area contributed by atoms with Crippen molar-refractivity contribution in [3.63, 3.8) is 0 Å². The summed E-state index contributed by atoms with van der Waals surface area (Å²) in [6.45, 7) is 9.14. The molecule has 0 aromatic heterocycles. The van der Waals surface area contributed by atoms with Gasteiger partial charge in [-0.3, -0.25) is 18.6 Å². The van der Waals surface area contributed by atoms with Crippen molar-refractivity contribution in [3.8, 4) is 0 Å². The standard InChI is InChI=1S/C24H31N3O4S/c1-17-10-12-19(13-11-17)25-22(29)15-32(31)16-23(30)27(14-21(28)26-24(3,4)5)20-9-7-6-8-18(20)2/h6-13H,14-16H2,1-5H3,(H,25,29)(H,26,28)/t32-/m0/s1. The number of rotatable bonds is 8. The predicted octanol–water partition coefficient (Wildman–Crippen LogP) is 2.94. The first-order chi connectivity index (χ1) is 14.9. The van der Waals surface area contributed by atoms with Gasteiger partial charge in [0.25, 0.3) is 0 Å². The number of nitrogens with one attached hydrogen (secondary N) is 2. The van der Waals surface area contributed by atoms with E-state index >= 15 is 0 Å². The van der Waals surface area contributed by atoms with E-state index in [2.05, 4.69) is 10.6 Å². The van der Waals surface area contributed by atoms with Gasteiger partial charge in [-0.1, -0.05) is 35.9 Å². The minimum Gasteiger partial charge on any atom is -0.350 e. The molecule has 0 saturated heterocycles.